The third-order valence-corrected chi connectivity index (χ3v) is 1.24. The first-order valence-electron chi connectivity index (χ1n) is 2.90. The van der Waals surface area contributed by atoms with E-state index in [2.05, 4.69) is 11.9 Å². The van der Waals surface area contributed by atoms with E-state index in [1.807, 2.05) is 0 Å². The van der Waals surface area contributed by atoms with Crippen LogP contribution in [0.3, 0.4) is 0 Å². The first-order chi connectivity index (χ1) is 4.74. The van der Waals surface area contributed by atoms with Gasteiger partial charge in [-0.1, -0.05) is 6.58 Å². The Balaban J connectivity index is 2.74. The Morgan fingerprint density at radius 2 is 2.30 bits per heavy atom. The predicted octanol–water partition coefficient (Wildman–Crippen LogP) is 0.421. The van der Waals surface area contributed by atoms with Crippen LogP contribution in [0.1, 0.15) is 0 Å². The van der Waals surface area contributed by atoms with Gasteiger partial charge in [-0.2, -0.15) is 0 Å². The highest BCUT2D eigenvalue weighted by atomic mass is 16.3. The molecule has 0 atom stereocenters. The molecule has 0 spiro atoms. The second kappa shape index (κ2) is 2.58. The van der Waals surface area contributed by atoms with Crippen LogP contribution in [0.2, 0.25) is 0 Å². The molecular formula is C7H9NO2. The molecule has 0 aromatic carbocycles. The number of aliphatic hydroxyl groups excluding tert-OH is 2. The van der Waals surface area contributed by atoms with Crippen molar-refractivity contribution in [1.82, 2.24) is 5.32 Å². The van der Waals surface area contributed by atoms with Crippen LogP contribution in [-0.2, 0) is 0 Å². The molecule has 0 fully saturated rings. The van der Waals surface area contributed by atoms with Gasteiger partial charge in [0.2, 0.25) is 0 Å². The monoisotopic (exact) mass is 139 g/mol. The molecule has 1 aliphatic heterocycles. The molecule has 3 nitrogen and oxygen atoms in total. The molecule has 0 saturated carbocycles. The molecule has 1 rings (SSSR count). The van der Waals surface area contributed by atoms with E-state index in [0.717, 1.165) is 0 Å². The maximum absolute atomic E-state index is 8.96. The number of hydrogen-bond donors (Lipinski definition) is 3. The zero-order valence-corrected chi connectivity index (χ0v) is 5.46. The minimum absolute atomic E-state index is 0.0667. The van der Waals surface area contributed by atoms with E-state index in [-0.39, 0.29) is 12.4 Å². The minimum Gasteiger partial charge on any atom is -0.506 e. The molecule has 1 aliphatic rings. The van der Waals surface area contributed by atoms with Crippen LogP contribution in [0.5, 0.6) is 0 Å². The highest BCUT2D eigenvalue weighted by Crippen LogP contribution is 2.11. The van der Waals surface area contributed by atoms with Crippen molar-refractivity contribution in [2.24, 2.45) is 0 Å². The summed E-state index contributed by atoms with van der Waals surface area (Å²) in [7, 11) is 0. The Morgan fingerprint density at radius 3 is 2.80 bits per heavy atom. The van der Waals surface area contributed by atoms with Gasteiger partial charge in [-0.3, -0.25) is 0 Å². The number of dihydropyridines is 1. The van der Waals surface area contributed by atoms with E-state index in [9.17, 15) is 0 Å². The van der Waals surface area contributed by atoms with E-state index in [4.69, 9.17) is 10.2 Å². The molecule has 0 aromatic rings. The maximum Gasteiger partial charge on any atom is 0.138 e. The van der Waals surface area contributed by atoms with E-state index in [0.29, 0.717) is 11.3 Å². The van der Waals surface area contributed by atoms with E-state index >= 15 is 0 Å². The number of aliphatic hydroxyl groups is 2. The van der Waals surface area contributed by atoms with Gasteiger partial charge in [0.05, 0.1) is 6.61 Å². The van der Waals surface area contributed by atoms with Gasteiger partial charge in [-0.05, 0) is 6.08 Å². The molecule has 54 valence electrons. The SMILES string of the molecule is C=C1C=C(CO)NC=C1O. The fourth-order valence-corrected chi connectivity index (χ4v) is 0.671. The van der Waals surface area contributed by atoms with Gasteiger partial charge in [0.15, 0.2) is 0 Å². The van der Waals surface area contributed by atoms with Crippen molar-refractivity contribution in [3.63, 3.8) is 0 Å². The first-order valence-corrected chi connectivity index (χ1v) is 2.90. The topological polar surface area (TPSA) is 52.5 Å². The van der Waals surface area contributed by atoms with Crippen molar-refractivity contribution in [3.05, 3.63) is 35.9 Å². The van der Waals surface area contributed by atoms with Gasteiger partial charge in [0, 0.05) is 17.5 Å². The van der Waals surface area contributed by atoms with E-state index < -0.39 is 0 Å². The minimum atomic E-state index is -0.0667. The van der Waals surface area contributed by atoms with Gasteiger partial charge < -0.3 is 15.5 Å². The standard InChI is InChI=1S/C7H9NO2/c1-5-2-6(4-9)8-3-7(5)10/h2-3,8-10H,1,4H2. The summed E-state index contributed by atoms with van der Waals surface area (Å²) in [6, 6.07) is 0. The largest absolute Gasteiger partial charge is 0.506 e. The summed E-state index contributed by atoms with van der Waals surface area (Å²) in [6.07, 6.45) is 2.99. The lowest BCUT2D eigenvalue weighted by atomic mass is 10.2. The molecule has 10 heavy (non-hydrogen) atoms. The summed E-state index contributed by atoms with van der Waals surface area (Å²) in [4.78, 5) is 0. The van der Waals surface area contributed by atoms with Crippen molar-refractivity contribution in [1.29, 1.82) is 0 Å². The molecule has 1 heterocycles. The van der Waals surface area contributed by atoms with Crippen molar-refractivity contribution in [2.45, 2.75) is 0 Å². The van der Waals surface area contributed by atoms with Gasteiger partial charge in [0.1, 0.15) is 5.76 Å². The Kier molecular flexibility index (Phi) is 1.78. The zero-order valence-electron chi connectivity index (χ0n) is 5.46. The summed E-state index contributed by atoms with van der Waals surface area (Å²) in [5, 5.41) is 20.3. The third-order valence-electron chi connectivity index (χ3n) is 1.24. The number of rotatable bonds is 1. The van der Waals surface area contributed by atoms with Crippen LogP contribution in [0, 0.1) is 0 Å². The molecule has 0 radical (unpaired) electrons. The zero-order chi connectivity index (χ0) is 7.56. The highest BCUT2D eigenvalue weighted by Gasteiger charge is 2.04. The summed E-state index contributed by atoms with van der Waals surface area (Å²) in [6.45, 7) is 3.48. The van der Waals surface area contributed by atoms with Gasteiger partial charge in [0.25, 0.3) is 0 Å². The molecule has 3 N–H and O–H groups in total. The second-order valence-electron chi connectivity index (χ2n) is 2.03. The van der Waals surface area contributed by atoms with Crippen LogP contribution in [-0.4, -0.2) is 16.8 Å². The fourth-order valence-electron chi connectivity index (χ4n) is 0.671. The van der Waals surface area contributed by atoms with Crippen LogP contribution in [0.25, 0.3) is 0 Å². The normalized spacial score (nSPS) is 17.5. The van der Waals surface area contributed by atoms with Crippen LogP contribution in [0.15, 0.2) is 35.9 Å². The fraction of sp³-hybridized carbons (Fsp3) is 0.143. The van der Waals surface area contributed by atoms with Crippen molar-refractivity contribution in [2.75, 3.05) is 6.61 Å². The lowest BCUT2D eigenvalue weighted by Crippen LogP contribution is -2.14. The van der Waals surface area contributed by atoms with Crippen LogP contribution in [0.4, 0.5) is 0 Å². The van der Waals surface area contributed by atoms with Gasteiger partial charge in [-0.25, -0.2) is 0 Å². The van der Waals surface area contributed by atoms with E-state index in [1.54, 1.807) is 6.08 Å². The number of nitrogens with one attached hydrogen (secondary N) is 1. The molecule has 0 saturated heterocycles. The molecule has 3 heteroatoms. The average molecular weight is 139 g/mol. The maximum atomic E-state index is 8.96. The predicted molar refractivity (Wildman–Crippen MR) is 38.2 cm³/mol. The summed E-state index contributed by atoms with van der Waals surface area (Å²) >= 11 is 0. The van der Waals surface area contributed by atoms with Crippen molar-refractivity contribution in [3.8, 4) is 0 Å². The molecule has 0 aromatic heterocycles. The van der Waals surface area contributed by atoms with E-state index in [1.165, 1.54) is 6.20 Å². The Bertz CT molecular complexity index is 216. The lowest BCUT2D eigenvalue weighted by molar-refractivity contribution is 0.323. The first kappa shape index (κ1) is 6.89. The van der Waals surface area contributed by atoms with Crippen LogP contribution >= 0.6 is 0 Å². The molecule has 0 unspecified atom stereocenters. The quantitative estimate of drug-likeness (QED) is 0.493. The van der Waals surface area contributed by atoms with Crippen molar-refractivity contribution >= 4 is 0 Å². The van der Waals surface area contributed by atoms with Gasteiger partial charge in [-0.15, -0.1) is 0 Å². The summed E-state index contributed by atoms with van der Waals surface area (Å²) < 4.78 is 0. The van der Waals surface area contributed by atoms with Crippen LogP contribution < -0.4 is 5.32 Å². The average Bonchev–Trinajstić information content (AvgIpc) is 1.95. The molecule has 0 amide bonds. The third kappa shape index (κ3) is 1.19. The Morgan fingerprint density at radius 1 is 1.60 bits per heavy atom. The number of hydrogen-bond acceptors (Lipinski definition) is 3. The van der Waals surface area contributed by atoms with Gasteiger partial charge >= 0.3 is 0 Å². The molecule has 0 aliphatic carbocycles. The lowest BCUT2D eigenvalue weighted by Gasteiger charge is -2.11. The second-order valence-corrected chi connectivity index (χ2v) is 2.03. The summed E-state index contributed by atoms with van der Waals surface area (Å²) in [5.41, 5.74) is 1.16. The Labute approximate surface area is 59.0 Å². The smallest absolute Gasteiger partial charge is 0.138 e. The Hall–Kier alpha value is -1.22. The van der Waals surface area contributed by atoms with Crippen molar-refractivity contribution < 1.29 is 10.2 Å². The molecular weight excluding hydrogens is 130 g/mol. The number of allylic oxidation sites excluding steroid dienone is 1. The summed E-state index contributed by atoms with van der Waals surface area (Å²) in [5.74, 6) is 0.109. The molecule has 0 bridgehead atoms. The highest BCUT2D eigenvalue weighted by molar-refractivity contribution is 5.38.